The summed E-state index contributed by atoms with van der Waals surface area (Å²) in [7, 11) is 3.46. The van der Waals surface area contributed by atoms with Crippen molar-refractivity contribution in [3.05, 3.63) is 59.3 Å². The van der Waals surface area contributed by atoms with E-state index in [4.69, 9.17) is 9.84 Å². The average Bonchev–Trinajstić information content (AvgIpc) is 3.38. The molecule has 2 aromatic carbocycles. The van der Waals surface area contributed by atoms with Crippen molar-refractivity contribution in [1.82, 2.24) is 9.88 Å². The van der Waals surface area contributed by atoms with Crippen molar-refractivity contribution in [3.8, 4) is 5.75 Å². The molecule has 6 nitrogen and oxygen atoms in total. The van der Waals surface area contributed by atoms with Crippen molar-refractivity contribution in [1.29, 1.82) is 0 Å². The summed E-state index contributed by atoms with van der Waals surface area (Å²) >= 11 is 0. The van der Waals surface area contributed by atoms with Gasteiger partial charge in [0.25, 0.3) is 0 Å². The fourth-order valence-corrected chi connectivity index (χ4v) is 5.40. The fraction of sp³-hybridized carbons (Fsp3) is 0.483. The number of ether oxygens (including phenoxy) is 1. The minimum Gasteiger partial charge on any atom is -0.496 e. The number of aromatic carboxylic acids is 1. The van der Waals surface area contributed by atoms with E-state index >= 15 is 0 Å². The van der Waals surface area contributed by atoms with Crippen LogP contribution < -0.4 is 10.1 Å². The van der Waals surface area contributed by atoms with Crippen molar-refractivity contribution in [2.45, 2.75) is 58.9 Å². The predicted octanol–water partition coefficient (Wildman–Crippen LogP) is 6.95. The largest absolute Gasteiger partial charge is 0.496 e. The Kier molecular flexibility index (Phi) is 9.18. The number of rotatable bonds is 5. The number of carbonyl (C=O) groups is 1. The Morgan fingerprint density at radius 1 is 1.16 bits per heavy atom. The molecular formula is C29H39F2N3O3. The van der Waals surface area contributed by atoms with Gasteiger partial charge in [0.2, 0.25) is 5.92 Å². The molecule has 0 bridgehead atoms. The molecule has 202 valence electrons. The average molecular weight is 516 g/mol. The van der Waals surface area contributed by atoms with E-state index in [0.29, 0.717) is 5.56 Å². The summed E-state index contributed by atoms with van der Waals surface area (Å²) < 4.78 is 32.1. The van der Waals surface area contributed by atoms with Crippen LogP contribution in [0, 0.1) is 12.3 Å². The van der Waals surface area contributed by atoms with Crippen LogP contribution in [0.5, 0.6) is 5.75 Å². The molecule has 2 aliphatic rings. The first-order chi connectivity index (χ1) is 17.6. The molecule has 0 unspecified atom stereocenters. The topological polar surface area (TPSA) is 77.6 Å². The highest BCUT2D eigenvalue weighted by atomic mass is 19.3. The number of nitrogens with one attached hydrogen (secondary N) is 2. The van der Waals surface area contributed by atoms with Crippen molar-refractivity contribution in [2.24, 2.45) is 5.41 Å². The number of fused-ring (bicyclic) bond motifs is 1. The highest BCUT2D eigenvalue weighted by Gasteiger charge is 2.56. The van der Waals surface area contributed by atoms with E-state index in [1.54, 1.807) is 32.4 Å². The fourth-order valence-electron chi connectivity index (χ4n) is 5.40. The lowest BCUT2D eigenvalue weighted by Gasteiger charge is -2.51. The Morgan fingerprint density at radius 2 is 1.84 bits per heavy atom. The number of carboxylic acid groups (broad SMARTS) is 1. The van der Waals surface area contributed by atoms with Crippen LogP contribution in [0.15, 0.2) is 42.6 Å². The maximum atomic E-state index is 13.3. The minimum atomic E-state index is -2.42. The number of aryl methyl sites for hydroxylation is 1. The van der Waals surface area contributed by atoms with Crippen LogP contribution >= 0.6 is 0 Å². The molecule has 5 rings (SSSR count). The highest BCUT2D eigenvalue weighted by molar-refractivity contribution is 5.89. The van der Waals surface area contributed by atoms with Crippen LogP contribution in [-0.2, 0) is 6.54 Å². The number of carboxylic acids is 1. The Labute approximate surface area is 218 Å². The number of methoxy groups -OCH3 is 1. The number of piperidine rings is 1. The van der Waals surface area contributed by atoms with Gasteiger partial charge < -0.3 is 20.1 Å². The Balaban J connectivity index is 0.000000247. The molecule has 2 fully saturated rings. The highest BCUT2D eigenvalue weighted by Crippen LogP contribution is 2.57. The minimum absolute atomic E-state index is 0.0871. The van der Waals surface area contributed by atoms with Gasteiger partial charge in [0.05, 0.1) is 12.7 Å². The van der Waals surface area contributed by atoms with Gasteiger partial charge in [-0.15, -0.1) is 0 Å². The molecule has 1 saturated carbocycles. The number of aromatic nitrogens is 1. The Hall–Kier alpha value is -3.13. The second kappa shape index (κ2) is 11.9. The van der Waals surface area contributed by atoms with Crippen LogP contribution in [0.2, 0.25) is 0 Å². The zero-order chi connectivity index (χ0) is 27.2. The zero-order valence-electron chi connectivity index (χ0n) is 22.5. The summed E-state index contributed by atoms with van der Waals surface area (Å²) in [6.07, 6.45) is 3.90. The van der Waals surface area contributed by atoms with Gasteiger partial charge in [-0.05, 0) is 74.2 Å². The van der Waals surface area contributed by atoms with E-state index in [0.717, 1.165) is 49.4 Å². The van der Waals surface area contributed by atoms with E-state index < -0.39 is 11.9 Å². The molecule has 0 amide bonds. The van der Waals surface area contributed by atoms with Crippen molar-refractivity contribution >= 4 is 22.6 Å². The third kappa shape index (κ3) is 6.60. The number of alkyl halides is 2. The number of anilines is 1. The number of hydrogen-bond donors (Lipinski definition) is 3. The van der Waals surface area contributed by atoms with E-state index in [1.165, 1.54) is 16.5 Å². The second-order valence-corrected chi connectivity index (χ2v) is 9.76. The lowest BCUT2D eigenvalue weighted by atomic mass is 9.61. The summed E-state index contributed by atoms with van der Waals surface area (Å²) in [5.74, 6) is -2.41. The zero-order valence-corrected chi connectivity index (χ0v) is 22.5. The quantitative estimate of drug-likeness (QED) is 0.343. The maximum absolute atomic E-state index is 13.3. The maximum Gasteiger partial charge on any atom is 0.335 e. The Bertz CT molecular complexity index is 1190. The molecule has 1 aromatic heterocycles. The Morgan fingerprint density at radius 3 is 2.41 bits per heavy atom. The van der Waals surface area contributed by atoms with Crippen LogP contribution in [0.4, 0.5) is 14.5 Å². The van der Waals surface area contributed by atoms with E-state index in [-0.39, 0.29) is 18.3 Å². The number of aromatic amines is 1. The molecule has 0 radical (unpaired) electrons. The van der Waals surface area contributed by atoms with Gasteiger partial charge in [0, 0.05) is 54.8 Å². The van der Waals surface area contributed by atoms with Crippen molar-refractivity contribution < 1.29 is 23.4 Å². The lowest BCUT2D eigenvalue weighted by Crippen LogP contribution is -2.52. The van der Waals surface area contributed by atoms with Gasteiger partial charge in [0.1, 0.15) is 5.75 Å². The van der Waals surface area contributed by atoms with Gasteiger partial charge in [-0.1, -0.05) is 19.9 Å². The second-order valence-electron chi connectivity index (χ2n) is 9.76. The number of likely N-dealkylation sites (tertiary alicyclic amines) is 1. The van der Waals surface area contributed by atoms with E-state index in [9.17, 15) is 13.6 Å². The molecule has 3 N–H and O–H groups in total. The van der Waals surface area contributed by atoms with Gasteiger partial charge in [-0.2, -0.15) is 0 Å². The molecular weight excluding hydrogens is 476 g/mol. The summed E-state index contributed by atoms with van der Waals surface area (Å²) in [6, 6.07) is 10.8. The van der Waals surface area contributed by atoms with E-state index in [1.807, 2.05) is 26.1 Å². The first-order valence-electron chi connectivity index (χ1n) is 12.9. The monoisotopic (exact) mass is 515 g/mol. The van der Waals surface area contributed by atoms with Crippen LogP contribution in [0.25, 0.3) is 10.9 Å². The predicted molar refractivity (Wildman–Crippen MR) is 145 cm³/mol. The number of H-pyrrole nitrogens is 1. The molecule has 1 aliphatic carbocycles. The summed E-state index contributed by atoms with van der Waals surface area (Å²) in [6.45, 7) is 8.66. The molecule has 1 aliphatic heterocycles. The van der Waals surface area contributed by atoms with Crippen LogP contribution in [0.1, 0.15) is 61.0 Å². The molecule has 1 saturated heterocycles. The molecule has 37 heavy (non-hydrogen) atoms. The smallest absolute Gasteiger partial charge is 0.335 e. The summed E-state index contributed by atoms with van der Waals surface area (Å²) in [4.78, 5) is 16.1. The number of nitrogens with zero attached hydrogens (tertiary/aromatic N) is 1. The van der Waals surface area contributed by atoms with Gasteiger partial charge in [-0.3, -0.25) is 4.90 Å². The van der Waals surface area contributed by atoms with Crippen molar-refractivity contribution in [2.75, 3.05) is 32.6 Å². The number of hydrogen-bond acceptors (Lipinski definition) is 4. The third-order valence-corrected chi connectivity index (χ3v) is 7.30. The standard InChI is InChI=1S/C19H24F2N2O.C8H9NO2.C2H6/c1-13-9-16(24-2)15(14-3-6-22-17(13)14)10-23-7-4-18(5-8-23)11-19(20,21)12-18;1-9-7-4-2-3-6(5-7)8(10)11;1-2/h3,6,9,22H,4-5,7-8,10-12H2,1-2H3;2-5,9H,1H3,(H,10,11);1-2H3. The lowest BCUT2D eigenvalue weighted by molar-refractivity contribution is -0.178. The first-order valence-corrected chi connectivity index (χ1v) is 12.9. The molecule has 8 heteroatoms. The molecule has 2 heterocycles. The summed E-state index contributed by atoms with van der Waals surface area (Å²) in [5.41, 5.74) is 4.53. The summed E-state index contributed by atoms with van der Waals surface area (Å²) in [5, 5.41) is 12.6. The number of halogens is 2. The van der Waals surface area contributed by atoms with Crippen molar-refractivity contribution in [3.63, 3.8) is 0 Å². The molecule has 3 aromatic rings. The van der Waals surface area contributed by atoms with E-state index in [2.05, 4.69) is 34.3 Å². The van der Waals surface area contributed by atoms with Crippen LogP contribution in [-0.4, -0.2) is 54.1 Å². The van der Waals surface area contributed by atoms with Gasteiger partial charge in [-0.25, -0.2) is 13.6 Å². The van der Waals surface area contributed by atoms with Gasteiger partial charge >= 0.3 is 5.97 Å². The number of benzene rings is 2. The van der Waals surface area contributed by atoms with Crippen LogP contribution in [0.3, 0.4) is 0 Å². The molecule has 0 atom stereocenters. The third-order valence-electron chi connectivity index (χ3n) is 7.30. The normalized spacial score (nSPS) is 17.6. The first kappa shape index (κ1) is 28.4. The van der Waals surface area contributed by atoms with Gasteiger partial charge in [0.15, 0.2) is 0 Å². The SMILES string of the molecule is CC.CNc1cccc(C(=O)O)c1.COc1cc(C)c2[nH]ccc2c1CN1CCC2(CC1)CC(F)(F)C2. The molecule has 1 spiro atoms.